The fraction of sp³-hybridized carbons (Fsp3) is 0.576. The lowest BCUT2D eigenvalue weighted by Gasteiger charge is -2.47. The van der Waals surface area contributed by atoms with E-state index in [1.807, 2.05) is 83.1 Å². The Morgan fingerprint density at radius 1 is 1.02 bits per heavy atom. The maximum Gasteiger partial charge on any atom is 0.251 e. The highest BCUT2D eigenvalue weighted by molar-refractivity contribution is 7.99. The number of fused-ring (bicyclic) bond motifs is 1. The Labute approximate surface area is 244 Å². The minimum absolute atomic E-state index is 0.0401. The normalized spacial score (nSPS) is 23.1. The second kappa shape index (κ2) is 13.5. The Morgan fingerprint density at radius 2 is 1.73 bits per heavy atom. The molecule has 6 nitrogen and oxygen atoms in total. The van der Waals surface area contributed by atoms with Crippen molar-refractivity contribution in [3.8, 4) is 0 Å². The summed E-state index contributed by atoms with van der Waals surface area (Å²) in [5, 5.41) is 18.0. The number of hydrogen-bond donors (Lipinski definition) is 3. The van der Waals surface area contributed by atoms with Crippen molar-refractivity contribution in [3.63, 3.8) is 0 Å². The first kappa shape index (κ1) is 30.6. The minimum atomic E-state index is -0.824. The molecule has 0 unspecified atom stereocenters. The molecule has 1 aliphatic heterocycles. The molecule has 7 heteroatoms. The molecule has 4 rings (SSSR count). The zero-order valence-corrected chi connectivity index (χ0v) is 25.6. The molecular weight excluding hydrogens is 518 g/mol. The number of carbonyl (C=O) groups excluding carboxylic acids is 2. The molecule has 40 heavy (non-hydrogen) atoms. The molecule has 2 fully saturated rings. The van der Waals surface area contributed by atoms with Gasteiger partial charge in [0.15, 0.2) is 0 Å². The van der Waals surface area contributed by atoms with Crippen molar-refractivity contribution in [1.29, 1.82) is 0 Å². The van der Waals surface area contributed by atoms with Crippen LogP contribution >= 0.6 is 11.8 Å². The summed E-state index contributed by atoms with van der Waals surface area (Å²) in [5.41, 5.74) is 2.32. The van der Waals surface area contributed by atoms with Gasteiger partial charge in [0.25, 0.3) is 5.91 Å². The van der Waals surface area contributed by atoms with Gasteiger partial charge in [0.05, 0.1) is 18.2 Å². The highest BCUT2D eigenvalue weighted by Gasteiger charge is 2.41. The van der Waals surface area contributed by atoms with E-state index in [1.165, 1.54) is 25.7 Å². The number of amides is 2. The fourth-order valence-corrected chi connectivity index (χ4v) is 7.22. The second-order valence-electron chi connectivity index (χ2n) is 12.8. The predicted octanol–water partition coefficient (Wildman–Crippen LogP) is 5.35. The number of nitrogens with one attached hydrogen (secondary N) is 2. The topological polar surface area (TPSA) is 81.7 Å². The van der Waals surface area contributed by atoms with Gasteiger partial charge in [-0.1, -0.05) is 49.6 Å². The molecule has 0 radical (unpaired) electrons. The zero-order valence-electron chi connectivity index (χ0n) is 24.8. The van der Waals surface area contributed by atoms with Gasteiger partial charge in [0.1, 0.15) is 0 Å². The van der Waals surface area contributed by atoms with Crippen molar-refractivity contribution in [3.05, 3.63) is 65.2 Å². The number of hydrogen-bond acceptors (Lipinski definition) is 5. The first-order valence-corrected chi connectivity index (χ1v) is 15.8. The molecule has 2 aliphatic rings. The third-order valence-electron chi connectivity index (χ3n) is 8.53. The molecule has 0 spiro atoms. The summed E-state index contributed by atoms with van der Waals surface area (Å²) in [6, 6.07) is 15.0. The van der Waals surface area contributed by atoms with Crippen molar-refractivity contribution in [2.75, 3.05) is 18.8 Å². The standard InChI is InChI=1S/C33H47N3O3S/c1-22-12-11-17-27(23(22)2)31(38)34-28(21-40-26-15-7-6-8-16-26)30(37)20-36-19-25-14-10-9-13-24(25)18-29(36)32(39)35-33(3,4)5/h6-8,11-12,15-17,24-25,28-30,37H,9-10,13-14,18-21H2,1-5H3,(H,34,38)(H,35,39)/t24-,25+,28-,29-,30+/m0/s1. The molecule has 3 N–H and O–H groups in total. The van der Waals surface area contributed by atoms with Gasteiger partial charge >= 0.3 is 0 Å². The average molecular weight is 566 g/mol. The summed E-state index contributed by atoms with van der Waals surface area (Å²) in [6.07, 6.45) is 4.84. The first-order chi connectivity index (χ1) is 19.0. The van der Waals surface area contributed by atoms with Gasteiger partial charge in [0, 0.05) is 34.8 Å². The zero-order chi connectivity index (χ0) is 28.9. The van der Waals surface area contributed by atoms with Crippen LogP contribution in [0, 0.1) is 25.7 Å². The molecule has 218 valence electrons. The molecule has 0 aromatic heterocycles. The lowest BCUT2D eigenvalue weighted by Crippen LogP contribution is -2.60. The van der Waals surface area contributed by atoms with Gasteiger partial charge < -0.3 is 15.7 Å². The van der Waals surface area contributed by atoms with E-state index in [1.54, 1.807) is 11.8 Å². The molecule has 1 saturated carbocycles. The number of likely N-dealkylation sites (tertiary alicyclic amines) is 1. The summed E-state index contributed by atoms with van der Waals surface area (Å²) < 4.78 is 0. The third-order valence-corrected chi connectivity index (χ3v) is 9.66. The van der Waals surface area contributed by atoms with Crippen molar-refractivity contribution in [2.45, 2.75) is 95.3 Å². The van der Waals surface area contributed by atoms with E-state index in [2.05, 4.69) is 15.5 Å². The van der Waals surface area contributed by atoms with E-state index >= 15 is 0 Å². The molecule has 0 bridgehead atoms. The predicted molar refractivity (Wildman–Crippen MR) is 164 cm³/mol. The quantitative estimate of drug-likeness (QED) is 0.357. The van der Waals surface area contributed by atoms with Crippen molar-refractivity contribution in [1.82, 2.24) is 15.5 Å². The lowest BCUT2D eigenvalue weighted by atomic mass is 9.72. The van der Waals surface area contributed by atoms with E-state index in [9.17, 15) is 14.7 Å². The SMILES string of the molecule is Cc1cccc(C(=O)N[C@@H](CSc2ccccc2)[C@H](O)CN2C[C@H]3CCCC[C@H]3C[C@H]2C(=O)NC(C)(C)C)c1C. The number of aryl methyl sites for hydroxylation is 1. The summed E-state index contributed by atoms with van der Waals surface area (Å²) in [5.74, 6) is 1.51. The first-order valence-electron chi connectivity index (χ1n) is 14.8. The lowest BCUT2D eigenvalue weighted by molar-refractivity contribution is -0.132. The van der Waals surface area contributed by atoms with Gasteiger partial charge in [-0.05, 0) is 88.6 Å². The van der Waals surface area contributed by atoms with E-state index in [-0.39, 0.29) is 23.4 Å². The highest BCUT2D eigenvalue weighted by atomic mass is 32.2. The molecule has 1 aliphatic carbocycles. The number of thioether (sulfide) groups is 1. The van der Waals surface area contributed by atoms with Crippen molar-refractivity contribution in [2.24, 2.45) is 11.8 Å². The average Bonchev–Trinajstić information content (AvgIpc) is 2.91. The summed E-state index contributed by atoms with van der Waals surface area (Å²) in [6.45, 7) is 11.1. The van der Waals surface area contributed by atoms with Crippen LogP contribution in [0.4, 0.5) is 0 Å². The number of aliphatic hydroxyl groups is 1. The summed E-state index contributed by atoms with van der Waals surface area (Å²) in [4.78, 5) is 30.2. The van der Waals surface area contributed by atoms with Gasteiger partial charge in [0.2, 0.25) is 5.91 Å². The number of nitrogens with zero attached hydrogens (tertiary/aromatic N) is 1. The van der Waals surface area contributed by atoms with Crippen LogP contribution in [0.5, 0.6) is 0 Å². The van der Waals surface area contributed by atoms with Crippen LogP contribution in [0.25, 0.3) is 0 Å². The maximum absolute atomic E-state index is 13.5. The second-order valence-corrected chi connectivity index (χ2v) is 13.9. The number of carbonyl (C=O) groups is 2. The van der Waals surface area contributed by atoms with Gasteiger partial charge in [-0.25, -0.2) is 0 Å². The van der Waals surface area contributed by atoms with Crippen LogP contribution in [-0.2, 0) is 4.79 Å². The van der Waals surface area contributed by atoms with Crippen LogP contribution in [0.1, 0.15) is 74.4 Å². The Bertz CT molecular complexity index is 1150. The van der Waals surface area contributed by atoms with E-state index in [4.69, 9.17) is 0 Å². The van der Waals surface area contributed by atoms with E-state index in [0.717, 1.165) is 29.0 Å². The van der Waals surface area contributed by atoms with E-state index in [0.29, 0.717) is 29.7 Å². The summed E-state index contributed by atoms with van der Waals surface area (Å²) in [7, 11) is 0. The minimum Gasteiger partial charge on any atom is -0.390 e. The Hall–Kier alpha value is -2.35. The van der Waals surface area contributed by atoms with Crippen LogP contribution in [0.3, 0.4) is 0 Å². The largest absolute Gasteiger partial charge is 0.390 e. The van der Waals surface area contributed by atoms with Crippen LogP contribution < -0.4 is 10.6 Å². The van der Waals surface area contributed by atoms with Crippen LogP contribution in [-0.4, -0.2) is 64.4 Å². The third kappa shape index (κ3) is 8.11. The molecule has 2 aromatic rings. The molecule has 1 heterocycles. The number of rotatable bonds is 9. The van der Waals surface area contributed by atoms with Crippen molar-refractivity contribution >= 4 is 23.6 Å². The van der Waals surface area contributed by atoms with Crippen LogP contribution in [0.15, 0.2) is 53.4 Å². The monoisotopic (exact) mass is 565 g/mol. The Balaban J connectivity index is 1.54. The Kier molecular flexibility index (Phi) is 10.4. The molecule has 5 atom stereocenters. The number of β-amino-alcohol motifs (C(OH)–C–C–N with tert-alkyl or cyclic N) is 1. The molecule has 2 amide bonds. The van der Waals surface area contributed by atoms with Crippen molar-refractivity contribution < 1.29 is 14.7 Å². The van der Waals surface area contributed by atoms with E-state index < -0.39 is 12.1 Å². The van der Waals surface area contributed by atoms with Crippen LogP contribution in [0.2, 0.25) is 0 Å². The summed E-state index contributed by atoms with van der Waals surface area (Å²) >= 11 is 1.62. The van der Waals surface area contributed by atoms with Gasteiger partial charge in [-0.15, -0.1) is 11.8 Å². The van der Waals surface area contributed by atoms with Gasteiger partial charge in [-0.2, -0.15) is 0 Å². The number of piperidine rings is 1. The fourth-order valence-electron chi connectivity index (χ4n) is 6.19. The Morgan fingerprint density at radius 3 is 2.42 bits per heavy atom. The molecular formula is C33H47N3O3S. The van der Waals surface area contributed by atoms with Gasteiger partial charge in [-0.3, -0.25) is 14.5 Å². The number of benzene rings is 2. The number of aliphatic hydroxyl groups excluding tert-OH is 1. The maximum atomic E-state index is 13.5. The highest BCUT2D eigenvalue weighted by Crippen LogP contribution is 2.39. The molecule has 2 aromatic carbocycles. The smallest absolute Gasteiger partial charge is 0.251 e. The molecule has 1 saturated heterocycles.